The van der Waals surface area contributed by atoms with Crippen LogP contribution in [0, 0.1) is 5.92 Å². The molecule has 132 valence electrons. The molecule has 0 heterocycles. The van der Waals surface area contributed by atoms with Crippen molar-refractivity contribution in [3.63, 3.8) is 0 Å². The summed E-state index contributed by atoms with van der Waals surface area (Å²) in [5.41, 5.74) is 0.876. The van der Waals surface area contributed by atoms with Crippen LogP contribution in [-0.4, -0.2) is 35.1 Å². The molecule has 1 aromatic rings. The van der Waals surface area contributed by atoms with Crippen molar-refractivity contribution in [1.29, 1.82) is 0 Å². The summed E-state index contributed by atoms with van der Waals surface area (Å²) in [6.07, 6.45) is 0.357. The highest BCUT2D eigenvalue weighted by Crippen LogP contribution is 2.11. The third-order valence-electron chi connectivity index (χ3n) is 3.14. The quantitative estimate of drug-likeness (QED) is 0.614. The van der Waals surface area contributed by atoms with Gasteiger partial charge in [0.05, 0.1) is 0 Å². The zero-order valence-corrected chi connectivity index (χ0v) is 14.4. The van der Waals surface area contributed by atoms with Crippen LogP contribution in [-0.2, 0) is 4.79 Å². The van der Waals surface area contributed by atoms with E-state index < -0.39 is 17.9 Å². The van der Waals surface area contributed by atoms with Gasteiger partial charge in [0.25, 0.3) is 5.91 Å². The van der Waals surface area contributed by atoms with Gasteiger partial charge in [-0.25, -0.2) is 9.59 Å². The maximum absolute atomic E-state index is 12.1. The molecule has 0 radical (unpaired) electrons. The lowest BCUT2D eigenvalue weighted by Gasteiger charge is -2.16. The van der Waals surface area contributed by atoms with E-state index in [1.165, 1.54) is 12.1 Å². The van der Waals surface area contributed by atoms with Crippen LogP contribution in [0.25, 0.3) is 0 Å². The van der Waals surface area contributed by atoms with Crippen molar-refractivity contribution in [3.8, 4) is 0 Å². The lowest BCUT2D eigenvalue weighted by atomic mass is 10.0. The van der Waals surface area contributed by atoms with Crippen molar-refractivity contribution in [2.24, 2.45) is 5.92 Å². The van der Waals surface area contributed by atoms with Crippen LogP contribution in [0.5, 0.6) is 0 Å². The Hall–Kier alpha value is -2.57. The van der Waals surface area contributed by atoms with Crippen LogP contribution in [0.3, 0.4) is 0 Å². The van der Waals surface area contributed by atoms with Crippen LogP contribution < -0.4 is 16.0 Å². The molecule has 0 saturated carbocycles. The highest BCUT2D eigenvalue weighted by Gasteiger charge is 2.21. The van der Waals surface area contributed by atoms with Gasteiger partial charge in [0, 0.05) is 17.3 Å². The number of hydrogen-bond donors (Lipinski definition) is 4. The molecule has 1 unspecified atom stereocenters. The molecule has 0 aliphatic heterocycles. The number of carbonyl (C=O) groups excluding carboxylic acids is 2. The van der Waals surface area contributed by atoms with Gasteiger partial charge in [0.15, 0.2) is 0 Å². The molecule has 3 amide bonds. The average Bonchev–Trinajstić information content (AvgIpc) is 2.45. The van der Waals surface area contributed by atoms with E-state index in [0.717, 1.165) is 0 Å². The molecule has 0 bridgehead atoms. The number of carboxylic acid groups (broad SMARTS) is 1. The molecule has 4 N–H and O–H groups in total. The monoisotopic (exact) mass is 335 g/mol. The number of hydrogen-bond acceptors (Lipinski definition) is 3. The van der Waals surface area contributed by atoms with Crippen LogP contribution in [0.1, 0.15) is 44.5 Å². The first-order chi connectivity index (χ1) is 11.2. The van der Waals surface area contributed by atoms with Crippen LogP contribution in [0.15, 0.2) is 24.3 Å². The Morgan fingerprint density at radius 1 is 1.00 bits per heavy atom. The number of anilines is 1. The zero-order chi connectivity index (χ0) is 18.3. The van der Waals surface area contributed by atoms with E-state index >= 15 is 0 Å². The highest BCUT2D eigenvalue weighted by atomic mass is 16.4. The fraction of sp³-hybridized carbons (Fsp3) is 0.471. The standard InChI is InChI=1S/C17H25N3O4/c1-10(2)9-14(16(22)23)20-15(21)12-5-7-13(8-6-12)19-17(24)18-11(3)4/h5-8,10-11,14H,9H2,1-4H3,(H,20,21)(H,22,23)(H2,18,19,24). The van der Waals surface area contributed by atoms with Gasteiger partial charge in [-0.1, -0.05) is 13.8 Å². The summed E-state index contributed by atoms with van der Waals surface area (Å²) >= 11 is 0. The Kier molecular flexibility index (Phi) is 7.23. The molecule has 1 atom stereocenters. The third kappa shape index (κ3) is 6.68. The number of nitrogens with one attached hydrogen (secondary N) is 3. The molecular weight excluding hydrogens is 310 g/mol. The number of rotatable bonds is 7. The van der Waals surface area contributed by atoms with E-state index in [9.17, 15) is 14.4 Å². The molecule has 0 spiro atoms. The molecule has 0 fully saturated rings. The van der Waals surface area contributed by atoms with Crippen molar-refractivity contribution < 1.29 is 19.5 Å². The predicted molar refractivity (Wildman–Crippen MR) is 92.1 cm³/mol. The molecule has 0 aliphatic carbocycles. The Bertz CT molecular complexity index is 582. The molecule has 24 heavy (non-hydrogen) atoms. The summed E-state index contributed by atoms with van der Waals surface area (Å²) in [5.74, 6) is -1.36. The van der Waals surface area contributed by atoms with Crippen molar-refractivity contribution in [2.75, 3.05) is 5.32 Å². The van der Waals surface area contributed by atoms with Crippen LogP contribution >= 0.6 is 0 Å². The molecule has 7 nitrogen and oxygen atoms in total. The summed E-state index contributed by atoms with van der Waals surface area (Å²) in [7, 11) is 0. The molecule has 0 aliphatic rings. The predicted octanol–water partition coefficient (Wildman–Crippen LogP) is 2.45. The fourth-order valence-corrected chi connectivity index (χ4v) is 2.07. The Morgan fingerprint density at radius 2 is 1.58 bits per heavy atom. The minimum absolute atomic E-state index is 0.0176. The largest absolute Gasteiger partial charge is 0.480 e. The van der Waals surface area contributed by atoms with Gasteiger partial charge in [-0.2, -0.15) is 0 Å². The van der Waals surface area contributed by atoms with Gasteiger partial charge in [-0.15, -0.1) is 0 Å². The molecule has 0 saturated heterocycles. The lowest BCUT2D eigenvalue weighted by molar-refractivity contribution is -0.139. The normalized spacial score (nSPS) is 11.9. The molecular formula is C17H25N3O4. The summed E-state index contributed by atoms with van der Waals surface area (Å²) in [5, 5.41) is 17.0. The first kappa shape index (κ1) is 19.5. The van der Waals surface area contributed by atoms with E-state index in [-0.39, 0.29) is 18.0 Å². The molecule has 7 heteroatoms. The average molecular weight is 335 g/mol. The van der Waals surface area contributed by atoms with Crippen molar-refractivity contribution in [2.45, 2.75) is 46.2 Å². The SMILES string of the molecule is CC(C)CC(NC(=O)c1ccc(NC(=O)NC(C)C)cc1)C(=O)O. The summed E-state index contributed by atoms with van der Waals surface area (Å²) < 4.78 is 0. The van der Waals surface area contributed by atoms with E-state index in [1.807, 2.05) is 27.7 Å². The molecule has 1 rings (SSSR count). The minimum atomic E-state index is -1.05. The first-order valence-electron chi connectivity index (χ1n) is 7.90. The number of carbonyl (C=O) groups is 3. The van der Waals surface area contributed by atoms with E-state index in [2.05, 4.69) is 16.0 Å². The van der Waals surface area contributed by atoms with E-state index in [4.69, 9.17) is 5.11 Å². The number of aliphatic carboxylic acids is 1. The lowest BCUT2D eigenvalue weighted by Crippen LogP contribution is -2.41. The number of carboxylic acids is 1. The van der Waals surface area contributed by atoms with E-state index in [1.54, 1.807) is 12.1 Å². The summed E-state index contributed by atoms with van der Waals surface area (Å²) in [4.78, 5) is 34.9. The van der Waals surface area contributed by atoms with Gasteiger partial charge < -0.3 is 21.1 Å². The maximum Gasteiger partial charge on any atom is 0.326 e. The topological polar surface area (TPSA) is 108 Å². The van der Waals surface area contributed by atoms with Crippen molar-refractivity contribution >= 4 is 23.6 Å². The van der Waals surface area contributed by atoms with Crippen molar-refractivity contribution in [3.05, 3.63) is 29.8 Å². The first-order valence-corrected chi connectivity index (χ1v) is 7.90. The highest BCUT2D eigenvalue weighted by molar-refractivity contribution is 5.97. The third-order valence-corrected chi connectivity index (χ3v) is 3.14. The van der Waals surface area contributed by atoms with E-state index in [0.29, 0.717) is 17.7 Å². The Balaban J connectivity index is 2.69. The van der Waals surface area contributed by atoms with Crippen molar-refractivity contribution in [1.82, 2.24) is 10.6 Å². The molecule has 1 aromatic carbocycles. The molecule has 0 aromatic heterocycles. The van der Waals surface area contributed by atoms with Crippen LogP contribution in [0.4, 0.5) is 10.5 Å². The maximum atomic E-state index is 12.1. The summed E-state index contributed by atoms with van der Waals surface area (Å²) in [6.45, 7) is 7.49. The van der Waals surface area contributed by atoms with Gasteiger partial charge in [-0.3, -0.25) is 4.79 Å². The van der Waals surface area contributed by atoms with Gasteiger partial charge in [0.1, 0.15) is 6.04 Å². The zero-order valence-electron chi connectivity index (χ0n) is 14.4. The number of benzene rings is 1. The minimum Gasteiger partial charge on any atom is -0.480 e. The summed E-state index contributed by atoms with van der Waals surface area (Å²) in [6, 6.07) is 5.02. The Labute approximate surface area is 141 Å². The number of amides is 3. The fourth-order valence-electron chi connectivity index (χ4n) is 2.07. The smallest absolute Gasteiger partial charge is 0.326 e. The van der Waals surface area contributed by atoms with Crippen LogP contribution in [0.2, 0.25) is 0 Å². The van der Waals surface area contributed by atoms with Gasteiger partial charge in [-0.05, 0) is 50.5 Å². The second kappa shape index (κ2) is 8.90. The number of urea groups is 1. The second-order valence-electron chi connectivity index (χ2n) is 6.32. The van der Waals surface area contributed by atoms with Gasteiger partial charge in [0.2, 0.25) is 0 Å². The van der Waals surface area contributed by atoms with Gasteiger partial charge >= 0.3 is 12.0 Å². The second-order valence-corrected chi connectivity index (χ2v) is 6.32. The Morgan fingerprint density at radius 3 is 2.04 bits per heavy atom.